The Balaban J connectivity index is 1.98. The Labute approximate surface area is 156 Å². The Kier molecular flexibility index (Phi) is 6.72. The number of halogens is 1. The second-order valence-electron chi connectivity index (χ2n) is 5.20. The van der Waals surface area contributed by atoms with Gasteiger partial charge in [-0.05, 0) is 46.9 Å². The number of ether oxygens (including phenoxy) is 2. The van der Waals surface area contributed by atoms with Crippen LogP contribution in [-0.4, -0.2) is 40.3 Å². The van der Waals surface area contributed by atoms with Crippen LogP contribution in [0.1, 0.15) is 10.4 Å². The van der Waals surface area contributed by atoms with Gasteiger partial charge in [-0.1, -0.05) is 18.2 Å². The maximum Gasteiger partial charge on any atom is 0.252 e. The third-order valence-electron chi connectivity index (χ3n) is 3.65. The van der Waals surface area contributed by atoms with Crippen molar-refractivity contribution in [3.05, 3.63) is 51.6 Å². The third-order valence-corrected chi connectivity index (χ3v) is 4.54. The molecule has 0 radical (unpaired) electrons. The van der Waals surface area contributed by atoms with Gasteiger partial charge in [0.1, 0.15) is 0 Å². The highest BCUT2D eigenvalue weighted by Crippen LogP contribution is 2.31. The number of nitrogens with zero attached hydrogens (tertiary/aromatic N) is 1. The van der Waals surface area contributed by atoms with Crippen molar-refractivity contribution in [2.75, 3.05) is 39.3 Å². The summed E-state index contributed by atoms with van der Waals surface area (Å²) in [5.74, 6) is 1.04. The Morgan fingerprint density at radius 3 is 2.38 bits per heavy atom. The number of methoxy groups -OCH3 is 2. The number of benzene rings is 2. The Morgan fingerprint density at radius 1 is 1.12 bits per heavy atom. The maximum absolute atomic E-state index is 12.4. The summed E-state index contributed by atoms with van der Waals surface area (Å²) in [7, 11) is 5.13. The average Bonchev–Trinajstić information content (AvgIpc) is 2.61. The summed E-state index contributed by atoms with van der Waals surface area (Å²) in [5.41, 5.74) is 1.70. The molecular formula is C18H21IN2O3. The lowest BCUT2D eigenvalue weighted by Gasteiger charge is -2.19. The molecule has 2 aromatic carbocycles. The van der Waals surface area contributed by atoms with E-state index in [1.165, 1.54) is 0 Å². The number of likely N-dealkylation sites (N-methyl/N-ethyl adjacent to an activating group) is 1. The Bertz CT molecular complexity index is 692. The lowest BCUT2D eigenvalue weighted by atomic mass is 10.2. The first-order valence-corrected chi connectivity index (χ1v) is 8.60. The summed E-state index contributed by atoms with van der Waals surface area (Å²) in [6.07, 6.45) is 0. The van der Waals surface area contributed by atoms with E-state index in [4.69, 9.17) is 9.47 Å². The number of anilines is 1. The molecule has 2 rings (SSSR count). The highest BCUT2D eigenvalue weighted by atomic mass is 127. The highest BCUT2D eigenvalue weighted by Gasteiger charge is 2.15. The minimum absolute atomic E-state index is 0.123. The summed E-state index contributed by atoms with van der Waals surface area (Å²) in [6, 6.07) is 13.6. The zero-order chi connectivity index (χ0) is 17.5. The predicted molar refractivity (Wildman–Crippen MR) is 104 cm³/mol. The number of amides is 1. The molecule has 0 aliphatic heterocycles. The van der Waals surface area contributed by atoms with Crippen LogP contribution >= 0.6 is 22.6 Å². The number of rotatable bonds is 7. The van der Waals surface area contributed by atoms with Crippen molar-refractivity contribution in [1.29, 1.82) is 0 Å². The van der Waals surface area contributed by atoms with Crippen LogP contribution in [0.2, 0.25) is 0 Å². The largest absolute Gasteiger partial charge is 0.493 e. The first kappa shape index (κ1) is 18.4. The van der Waals surface area contributed by atoms with Crippen LogP contribution in [0, 0.1) is 3.57 Å². The van der Waals surface area contributed by atoms with Crippen LogP contribution in [0.4, 0.5) is 5.69 Å². The Hall–Kier alpha value is -1.96. The molecule has 0 bridgehead atoms. The number of carbonyl (C=O) groups is 1. The smallest absolute Gasteiger partial charge is 0.252 e. The van der Waals surface area contributed by atoms with Crippen molar-refractivity contribution in [2.24, 2.45) is 0 Å². The quantitative estimate of drug-likeness (QED) is 0.673. The lowest BCUT2D eigenvalue weighted by Crippen LogP contribution is -2.33. The summed E-state index contributed by atoms with van der Waals surface area (Å²) in [5, 5.41) is 2.95. The van der Waals surface area contributed by atoms with Crippen LogP contribution in [0.25, 0.3) is 0 Å². The molecule has 0 saturated heterocycles. The van der Waals surface area contributed by atoms with Crippen LogP contribution in [0.15, 0.2) is 42.5 Å². The zero-order valence-corrected chi connectivity index (χ0v) is 16.2. The summed E-state index contributed by atoms with van der Waals surface area (Å²) in [6.45, 7) is 1.27. The molecule has 0 heterocycles. The van der Waals surface area contributed by atoms with Gasteiger partial charge in [-0.25, -0.2) is 0 Å². The topological polar surface area (TPSA) is 50.8 Å². The molecule has 0 saturated carbocycles. The minimum atomic E-state index is -0.123. The molecule has 0 fully saturated rings. The molecule has 1 N–H and O–H groups in total. The van der Waals surface area contributed by atoms with Crippen molar-refractivity contribution in [2.45, 2.75) is 0 Å². The molecule has 128 valence electrons. The van der Waals surface area contributed by atoms with Gasteiger partial charge < -0.3 is 19.7 Å². The van der Waals surface area contributed by atoms with Crippen LogP contribution < -0.4 is 19.7 Å². The van der Waals surface area contributed by atoms with Crippen LogP contribution in [-0.2, 0) is 0 Å². The van der Waals surface area contributed by atoms with Gasteiger partial charge in [0.05, 0.1) is 19.8 Å². The van der Waals surface area contributed by atoms with Crippen molar-refractivity contribution in [1.82, 2.24) is 5.32 Å². The number of hydrogen-bond acceptors (Lipinski definition) is 4. The molecule has 0 spiro atoms. The molecule has 6 heteroatoms. The molecule has 0 unspecified atom stereocenters. The first-order chi connectivity index (χ1) is 11.6. The molecule has 1 amide bonds. The molecule has 0 aliphatic carbocycles. The molecule has 5 nitrogen and oxygen atoms in total. The summed E-state index contributed by atoms with van der Waals surface area (Å²) >= 11 is 2.13. The van der Waals surface area contributed by atoms with Gasteiger partial charge in [0.2, 0.25) is 0 Å². The Morgan fingerprint density at radius 2 is 1.75 bits per heavy atom. The normalized spacial score (nSPS) is 10.2. The van der Waals surface area contributed by atoms with E-state index in [1.807, 2.05) is 37.4 Å². The summed E-state index contributed by atoms with van der Waals surface area (Å²) in [4.78, 5) is 14.5. The van der Waals surface area contributed by atoms with E-state index in [9.17, 15) is 4.79 Å². The van der Waals surface area contributed by atoms with Crippen molar-refractivity contribution >= 4 is 34.2 Å². The van der Waals surface area contributed by atoms with Crippen LogP contribution in [0.3, 0.4) is 0 Å². The molecule has 24 heavy (non-hydrogen) atoms. The molecular weight excluding hydrogens is 419 g/mol. The standard InChI is InChI=1S/C18H21IN2O3/c1-21(13-7-5-4-6-8-13)10-9-20-18(22)14-11-16(23-2)17(24-3)12-15(14)19/h4-8,11-12H,9-10H2,1-3H3,(H,20,22). The van der Waals surface area contributed by atoms with E-state index >= 15 is 0 Å². The van der Waals surface area contributed by atoms with Crippen molar-refractivity contribution in [3.8, 4) is 11.5 Å². The second kappa shape index (κ2) is 8.77. The van der Waals surface area contributed by atoms with E-state index < -0.39 is 0 Å². The number of para-hydroxylation sites is 1. The second-order valence-corrected chi connectivity index (χ2v) is 6.36. The lowest BCUT2D eigenvalue weighted by molar-refractivity contribution is 0.0953. The van der Waals surface area contributed by atoms with Gasteiger partial charge >= 0.3 is 0 Å². The molecule has 0 aromatic heterocycles. The van der Waals surface area contributed by atoms with Crippen molar-refractivity contribution < 1.29 is 14.3 Å². The van der Waals surface area contributed by atoms with Gasteiger partial charge in [-0.15, -0.1) is 0 Å². The number of hydrogen-bond donors (Lipinski definition) is 1. The summed E-state index contributed by atoms with van der Waals surface area (Å²) < 4.78 is 11.3. The first-order valence-electron chi connectivity index (χ1n) is 7.52. The fraction of sp³-hybridized carbons (Fsp3) is 0.278. The van der Waals surface area contributed by atoms with Gasteiger partial charge in [-0.3, -0.25) is 4.79 Å². The third kappa shape index (κ3) is 4.53. The monoisotopic (exact) mass is 440 g/mol. The maximum atomic E-state index is 12.4. The molecule has 0 aliphatic rings. The van der Waals surface area contributed by atoms with Gasteiger partial charge in [0.25, 0.3) is 5.91 Å². The molecule has 2 aromatic rings. The SMILES string of the molecule is COc1cc(I)c(C(=O)NCCN(C)c2ccccc2)cc1OC. The number of carbonyl (C=O) groups excluding carboxylic acids is 1. The minimum Gasteiger partial charge on any atom is -0.493 e. The fourth-order valence-corrected chi connectivity index (χ4v) is 2.96. The van der Waals surface area contributed by atoms with E-state index in [0.717, 1.165) is 15.8 Å². The average molecular weight is 440 g/mol. The fourth-order valence-electron chi connectivity index (χ4n) is 2.27. The zero-order valence-electron chi connectivity index (χ0n) is 14.0. The van der Waals surface area contributed by atoms with E-state index in [1.54, 1.807) is 26.4 Å². The van der Waals surface area contributed by atoms with Crippen LogP contribution in [0.5, 0.6) is 11.5 Å². The molecule has 0 atom stereocenters. The highest BCUT2D eigenvalue weighted by molar-refractivity contribution is 14.1. The van der Waals surface area contributed by atoms with E-state index in [0.29, 0.717) is 23.6 Å². The number of nitrogens with one attached hydrogen (secondary N) is 1. The van der Waals surface area contributed by atoms with Gasteiger partial charge in [-0.2, -0.15) is 0 Å². The van der Waals surface area contributed by atoms with Gasteiger partial charge in [0, 0.05) is 29.4 Å². The predicted octanol–water partition coefficient (Wildman–Crippen LogP) is 3.17. The van der Waals surface area contributed by atoms with E-state index in [-0.39, 0.29) is 5.91 Å². The van der Waals surface area contributed by atoms with Crippen molar-refractivity contribution in [3.63, 3.8) is 0 Å². The van der Waals surface area contributed by atoms with E-state index in [2.05, 4.69) is 32.8 Å². The van der Waals surface area contributed by atoms with Gasteiger partial charge in [0.15, 0.2) is 11.5 Å².